The number of aromatic nitrogens is 2. The van der Waals surface area contributed by atoms with Crippen molar-refractivity contribution in [3.05, 3.63) is 17.5 Å². The lowest BCUT2D eigenvalue weighted by atomic mass is 10.1. The first-order valence-corrected chi connectivity index (χ1v) is 10.3. The van der Waals surface area contributed by atoms with Crippen LogP contribution in [0.3, 0.4) is 0 Å². The predicted molar refractivity (Wildman–Crippen MR) is 102 cm³/mol. The van der Waals surface area contributed by atoms with Crippen LogP contribution >= 0.6 is 0 Å². The standard InChI is InChI=1S/C20H33N5O/c1-15-18(13-24-12-17-3-4-20(24)11-17)14-25(22-15)10-9-23-7-5-19(6-8-23)21-16(2)26/h14,17,19-20H,3-13H2,1-2H3,(H,21,26)/t17-,20-/m0/s1. The zero-order valence-electron chi connectivity index (χ0n) is 16.3. The second-order valence-corrected chi connectivity index (χ2v) is 8.58. The zero-order valence-corrected chi connectivity index (χ0v) is 16.3. The van der Waals surface area contributed by atoms with Crippen LogP contribution in [0.15, 0.2) is 6.20 Å². The van der Waals surface area contributed by atoms with Gasteiger partial charge in [-0.15, -0.1) is 0 Å². The summed E-state index contributed by atoms with van der Waals surface area (Å²) in [7, 11) is 0. The van der Waals surface area contributed by atoms with E-state index in [1.165, 1.54) is 37.1 Å². The number of aryl methyl sites for hydroxylation is 1. The summed E-state index contributed by atoms with van der Waals surface area (Å²) in [6.45, 7) is 10.3. The molecule has 6 nitrogen and oxygen atoms in total. The third kappa shape index (κ3) is 4.12. The Morgan fingerprint density at radius 3 is 2.69 bits per heavy atom. The van der Waals surface area contributed by atoms with Crippen LogP contribution < -0.4 is 5.32 Å². The number of carbonyl (C=O) groups is 1. The van der Waals surface area contributed by atoms with Crippen LogP contribution in [0.5, 0.6) is 0 Å². The Morgan fingerprint density at radius 2 is 2.04 bits per heavy atom. The smallest absolute Gasteiger partial charge is 0.217 e. The SMILES string of the molecule is CC(=O)NC1CCN(CCn2cc(CN3C[C@H]4CC[C@H]3C4)c(C)n2)CC1. The molecule has 144 valence electrons. The summed E-state index contributed by atoms with van der Waals surface area (Å²) in [5.41, 5.74) is 2.60. The molecule has 1 aliphatic carbocycles. The van der Waals surface area contributed by atoms with Gasteiger partial charge in [-0.3, -0.25) is 14.4 Å². The summed E-state index contributed by atoms with van der Waals surface area (Å²) in [5.74, 6) is 1.05. The van der Waals surface area contributed by atoms with Gasteiger partial charge < -0.3 is 10.2 Å². The van der Waals surface area contributed by atoms with Crippen LogP contribution in [0.4, 0.5) is 0 Å². The van der Waals surface area contributed by atoms with Crippen LogP contribution in [0.2, 0.25) is 0 Å². The topological polar surface area (TPSA) is 53.4 Å². The minimum Gasteiger partial charge on any atom is -0.354 e. The molecule has 2 saturated heterocycles. The van der Waals surface area contributed by atoms with E-state index in [1.807, 2.05) is 0 Å². The van der Waals surface area contributed by atoms with Gasteiger partial charge in [0.1, 0.15) is 0 Å². The van der Waals surface area contributed by atoms with Crippen LogP contribution in [-0.2, 0) is 17.9 Å². The van der Waals surface area contributed by atoms with E-state index >= 15 is 0 Å². The lowest BCUT2D eigenvalue weighted by Gasteiger charge is -2.32. The number of fused-ring (bicyclic) bond motifs is 2. The number of amides is 1. The molecule has 3 aliphatic rings. The number of rotatable bonds is 6. The predicted octanol–water partition coefficient (Wildman–Crippen LogP) is 1.78. The summed E-state index contributed by atoms with van der Waals surface area (Å²) < 4.78 is 2.14. The van der Waals surface area contributed by atoms with Crippen molar-refractivity contribution in [1.82, 2.24) is 24.9 Å². The van der Waals surface area contributed by atoms with Gasteiger partial charge in [-0.25, -0.2) is 0 Å². The van der Waals surface area contributed by atoms with Crippen molar-refractivity contribution in [2.45, 2.75) is 71.1 Å². The van der Waals surface area contributed by atoms with Crippen molar-refractivity contribution in [2.75, 3.05) is 26.2 Å². The number of nitrogens with one attached hydrogen (secondary N) is 1. The summed E-state index contributed by atoms with van der Waals surface area (Å²) in [5, 5.41) is 7.80. The average molecular weight is 360 g/mol. The van der Waals surface area contributed by atoms with Gasteiger partial charge >= 0.3 is 0 Å². The van der Waals surface area contributed by atoms with Gasteiger partial charge in [0, 0.05) is 63.5 Å². The molecule has 1 amide bonds. The third-order valence-corrected chi connectivity index (χ3v) is 6.58. The molecular formula is C20H33N5O. The molecule has 2 atom stereocenters. The Balaban J connectivity index is 1.24. The largest absolute Gasteiger partial charge is 0.354 e. The van der Waals surface area contributed by atoms with Crippen LogP contribution in [0, 0.1) is 12.8 Å². The monoisotopic (exact) mass is 359 g/mol. The van der Waals surface area contributed by atoms with E-state index < -0.39 is 0 Å². The molecule has 1 aromatic rings. The van der Waals surface area contributed by atoms with Crippen LogP contribution in [0.25, 0.3) is 0 Å². The van der Waals surface area contributed by atoms with Gasteiger partial charge in [-0.2, -0.15) is 5.10 Å². The normalized spacial score (nSPS) is 27.3. The second kappa shape index (κ2) is 7.69. The number of nitrogens with zero attached hydrogens (tertiary/aromatic N) is 4. The molecule has 2 bridgehead atoms. The Morgan fingerprint density at radius 1 is 1.23 bits per heavy atom. The number of piperidine rings is 2. The van der Waals surface area contributed by atoms with Gasteiger partial charge in [0.05, 0.1) is 12.2 Å². The number of hydrogen-bond donors (Lipinski definition) is 1. The van der Waals surface area contributed by atoms with Gasteiger partial charge in [0.2, 0.25) is 5.91 Å². The van der Waals surface area contributed by atoms with Crippen molar-refractivity contribution in [3.8, 4) is 0 Å². The van der Waals surface area contributed by atoms with E-state index in [0.717, 1.165) is 57.5 Å². The molecule has 26 heavy (non-hydrogen) atoms. The maximum absolute atomic E-state index is 11.2. The van der Waals surface area contributed by atoms with Crippen LogP contribution in [-0.4, -0.2) is 63.8 Å². The Bertz CT molecular complexity index is 634. The Labute approximate surface area is 156 Å². The van der Waals surface area contributed by atoms with Crippen molar-refractivity contribution in [2.24, 2.45) is 5.92 Å². The highest BCUT2D eigenvalue weighted by molar-refractivity contribution is 5.73. The summed E-state index contributed by atoms with van der Waals surface area (Å²) >= 11 is 0. The fourth-order valence-electron chi connectivity index (χ4n) is 5.10. The van der Waals surface area contributed by atoms with Gasteiger partial charge in [0.15, 0.2) is 0 Å². The summed E-state index contributed by atoms with van der Waals surface area (Å²) in [4.78, 5) is 16.3. The molecule has 2 aliphatic heterocycles. The highest BCUT2D eigenvalue weighted by atomic mass is 16.1. The van der Waals surface area contributed by atoms with Gasteiger partial charge in [-0.1, -0.05) is 0 Å². The van der Waals surface area contributed by atoms with Gasteiger partial charge in [-0.05, 0) is 44.9 Å². The zero-order chi connectivity index (χ0) is 18.1. The fraction of sp³-hybridized carbons (Fsp3) is 0.800. The number of carbonyl (C=O) groups excluding carboxylic acids is 1. The molecule has 3 fully saturated rings. The molecule has 6 heteroatoms. The van der Waals surface area contributed by atoms with Gasteiger partial charge in [0.25, 0.3) is 0 Å². The van der Waals surface area contributed by atoms with Crippen molar-refractivity contribution in [1.29, 1.82) is 0 Å². The van der Waals surface area contributed by atoms with E-state index in [1.54, 1.807) is 6.92 Å². The molecular weight excluding hydrogens is 326 g/mol. The minimum atomic E-state index is 0.0919. The fourth-order valence-corrected chi connectivity index (χ4v) is 5.10. The lowest BCUT2D eigenvalue weighted by Crippen LogP contribution is -2.44. The molecule has 0 unspecified atom stereocenters. The molecule has 1 saturated carbocycles. The average Bonchev–Trinajstić information content (AvgIpc) is 3.30. The highest BCUT2D eigenvalue weighted by Gasteiger charge is 2.37. The summed E-state index contributed by atoms with van der Waals surface area (Å²) in [6.07, 6.45) is 8.64. The minimum absolute atomic E-state index is 0.0919. The first kappa shape index (κ1) is 18.0. The van der Waals surface area contributed by atoms with Crippen molar-refractivity contribution < 1.29 is 4.79 Å². The van der Waals surface area contributed by atoms with Crippen molar-refractivity contribution >= 4 is 5.91 Å². The highest BCUT2D eigenvalue weighted by Crippen LogP contribution is 2.38. The number of likely N-dealkylation sites (tertiary alicyclic amines) is 2. The molecule has 3 heterocycles. The number of hydrogen-bond acceptors (Lipinski definition) is 4. The molecule has 1 aromatic heterocycles. The van der Waals surface area contributed by atoms with E-state index in [2.05, 4.69) is 32.9 Å². The lowest BCUT2D eigenvalue weighted by molar-refractivity contribution is -0.119. The first-order chi connectivity index (χ1) is 12.6. The molecule has 0 aromatic carbocycles. The van der Waals surface area contributed by atoms with E-state index in [4.69, 9.17) is 5.10 Å². The second-order valence-electron chi connectivity index (χ2n) is 8.58. The molecule has 0 spiro atoms. The van der Waals surface area contributed by atoms with Crippen molar-refractivity contribution in [3.63, 3.8) is 0 Å². The quantitative estimate of drug-likeness (QED) is 0.841. The van der Waals surface area contributed by atoms with Crippen LogP contribution in [0.1, 0.15) is 50.3 Å². The Hall–Kier alpha value is -1.40. The first-order valence-electron chi connectivity index (χ1n) is 10.3. The van der Waals surface area contributed by atoms with E-state index in [9.17, 15) is 4.79 Å². The van der Waals surface area contributed by atoms with E-state index in [0.29, 0.717) is 6.04 Å². The molecule has 1 N–H and O–H groups in total. The maximum Gasteiger partial charge on any atom is 0.217 e. The molecule has 4 rings (SSSR count). The maximum atomic E-state index is 11.2. The van der Waals surface area contributed by atoms with E-state index in [-0.39, 0.29) is 5.91 Å². The Kier molecular flexibility index (Phi) is 5.32. The summed E-state index contributed by atoms with van der Waals surface area (Å²) in [6, 6.07) is 1.19. The third-order valence-electron chi connectivity index (χ3n) is 6.58. The molecule has 0 radical (unpaired) electrons.